The third-order valence-electron chi connectivity index (χ3n) is 3.56. The maximum Gasteiger partial charge on any atom is 0.255 e. The van der Waals surface area contributed by atoms with E-state index in [1.165, 1.54) is 12.1 Å². The predicted octanol–water partition coefficient (Wildman–Crippen LogP) is 2.17. The van der Waals surface area contributed by atoms with E-state index in [2.05, 4.69) is 17.6 Å². The quantitative estimate of drug-likeness (QED) is 0.796. The Morgan fingerprint density at radius 1 is 1.58 bits per heavy atom. The van der Waals surface area contributed by atoms with E-state index >= 15 is 0 Å². The number of amides is 1. The third-order valence-corrected chi connectivity index (χ3v) is 3.80. The molecular weight excluding hydrogens is 264 g/mol. The highest BCUT2D eigenvalue weighted by molar-refractivity contribution is 6.31. The topological polar surface area (TPSA) is 61.4 Å². The van der Waals surface area contributed by atoms with Gasteiger partial charge in [-0.2, -0.15) is 0 Å². The second-order valence-corrected chi connectivity index (χ2v) is 5.87. The third kappa shape index (κ3) is 3.61. The summed E-state index contributed by atoms with van der Waals surface area (Å²) < 4.78 is 0. The van der Waals surface area contributed by atoms with E-state index in [9.17, 15) is 9.90 Å². The molecule has 104 valence electrons. The molecule has 1 heterocycles. The zero-order valence-corrected chi connectivity index (χ0v) is 11.8. The van der Waals surface area contributed by atoms with Crippen LogP contribution in [0.3, 0.4) is 0 Å². The van der Waals surface area contributed by atoms with Crippen molar-refractivity contribution in [3.63, 3.8) is 0 Å². The van der Waals surface area contributed by atoms with E-state index in [0.717, 1.165) is 25.9 Å². The minimum Gasteiger partial charge on any atom is -0.507 e. The van der Waals surface area contributed by atoms with Gasteiger partial charge in [-0.25, -0.2) is 0 Å². The standard InChI is InChI=1S/C14H19ClN2O2/c1-14(5-2-6-16-8-14)9-17-13(19)11-7-10(15)3-4-12(11)18/h3-4,7,16,18H,2,5-6,8-9H2,1H3,(H,17,19). The Balaban J connectivity index is 1.99. The van der Waals surface area contributed by atoms with Crippen LogP contribution in [-0.2, 0) is 0 Å². The van der Waals surface area contributed by atoms with Gasteiger partial charge in [0.2, 0.25) is 0 Å². The number of benzene rings is 1. The molecule has 1 amide bonds. The number of hydrogen-bond acceptors (Lipinski definition) is 3. The van der Waals surface area contributed by atoms with E-state index in [0.29, 0.717) is 11.6 Å². The number of phenolic OH excluding ortho intramolecular Hbond substituents is 1. The minimum absolute atomic E-state index is 0.0474. The van der Waals surface area contributed by atoms with Gasteiger partial charge in [-0.1, -0.05) is 18.5 Å². The first-order valence-electron chi connectivity index (χ1n) is 6.48. The lowest BCUT2D eigenvalue weighted by Gasteiger charge is -2.34. The Bertz CT molecular complexity index is 471. The van der Waals surface area contributed by atoms with Crippen LogP contribution in [-0.4, -0.2) is 30.6 Å². The van der Waals surface area contributed by atoms with Crippen LogP contribution in [0.4, 0.5) is 0 Å². The molecule has 0 radical (unpaired) electrons. The summed E-state index contributed by atoms with van der Waals surface area (Å²) in [7, 11) is 0. The van der Waals surface area contributed by atoms with E-state index in [1.807, 2.05) is 0 Å². The van der Waals surface area contributed by atoms with Gasteiger partial charge in [-0.15, -0.1) is 0 Å². The van der Waals surface area contributed by atoms with Crippen molar-refractivity contribution >= 4 is 17.5 Å². The molecule has 1 atom stereocenters. The summed E-state index contributed by atoms with van der Waals surface area (Å²) in [4.78, 5) is 12.1. The molecule has 0 saturated carbocycles. The fraction of sp³-hybridized carbons (Fsp3) is 0.500. The van der Waals surface area contributed by atoms with Gasteiger partial charge in [-0.05, 0) is 43.0 Å². The molecule has 5 heteroatoms. The average molecular weight is 283 g/mol. The number of piperidine rings is 1. The highest BCUT2D eigenvalue weighted by Gasteiger charge is 2.27. The second kappa shape index (κ2) is 5.80. The molecule has 1 aromatic rings. The monoisotopic (exact) mass is 282 g/mol. The molecule has 2 rings (SSSR count). The maximum atomic E-state index is 12.1. The van der Waals surface area contributed by atoms with Crippen LogP contribution in [0.2, 0.25) is 5.02 Å². The molecule has 1 aliphatic heterocycles. The van der Waals surface area contributed by atoms with Crippen LogP contribution in [0, 0.1) is 5.41 Å². The zero-order valence-electron chi connectivity index (χ0n) is 11.0. The lowest BCUT2D eigenvalue weighted by Crippen LogP contribution is -2.45. The number of rotatable bonds is 3. The Labute approximate surface area is 118 Å². The molecule has 4 nitrogen and oxygen atoms in total. The van der Waals surface area contributed by atoms with Gasteiger partial charge in [-0.3, -0.25) is 4.79 Å². The summed E-state index contributed by atoms with van der Waals surface area (Å²) in [5, 5.41) is 16.3. The van der Waals surface area contributed by atoms with Crippen molar-refractivity contribution in [1.82, 2.24) is 10.6 Å². The minimum atomic E-state index is -0.285. The number of phenols is 1. The Kier molecular flexibility index (Phi) is 4.32. The van der Waals surface area contributed by atoms with E-state index in [4.69, 9.17) is 11.6 Å². The van der Waals surface area contributed by atoms with Gasteiger partial charge in [0.05, 0.1) is 5.56 Å². The van der Waals surface area contributed by atoms with Crippen LogP contribution < -0.4 is 10.6 Å². The van der Waals surface area contributed by atoms with Gasteiger partial charge in [0.1, 0.15) is 5.75 Å². The largest absolute Gasteiger partial charge is 0.507 e. The summed E-state index contributed by atoms with van der Waals surface area (Å²) in [6.45, 7) is 4.68. The first-order chi connectivity index (χ1) is 9.00. The zero-order chi connectivity index (χ0) is 13.9. The number of hydrogen-bond donors (Lipinski definition) is 3. The number of nitrogens with one attached hydrogen (secondary N) is 2. The summed E-state index contributed by atoms with van der Waals surface area (Å²) >= 11 is 5.84. The fourth-order valence-corrected chi connectivity index (χ4v) is 2.52. The van der Waals surface area contributed by atoms with Gasteiger partial charge < -0.3 is 15.7 Å². The molecule has 3 N–H and O–H groups in total. The summed E-state index contributed by atoms with van der Waals surface area (Å²) in [6.07, 6.45) is 2.20. The smallest absolute Gasteiger partial charge is 0.255 e. The molecule has 0 aromatic heterocycles. The van der Waals surface area contributed by atoms with E-state index < -0.39 is 0 Å². The summed E-state index contributed by atoms with van der Waals surface area (Å²) in [6, 6.07) is 4.47. The van der Waals surface area contributed by atoms with Crippen LogP contribution in [0.25, 0.3) is 0 Å². The number of carbonyl (C=O) groups excluding carboxylic acids is 1. The van der Waals surface area contributed by atoms with Crippen molar-refractivity contribution < 1.29 is 9.90 Å². The SMILES string of the molecule is CC1(CNC(=O)c2cc(Cl)ccc2O)CCCNC1. The van der Waals surface area contributed by atoms with Crippen LogP contribution in [0.1, 0.15) is 30.1 Å². The molecule has 1 fully saturated rings. The lowest BCUT2D eigenvalue weighted by molar-refractivity contribution is 0.0922. The number of aromatic hydroxyl groups is 1. The molecule has 1 aromatic carbocycles. The fourth-order valence-electron chi connectivity index (χ4n) is 2.35. The van der Waals surface area contributed by atoms with Crippen LogP contribution >= 0.6 is 11.6 Å². The van der Waals surface area contributed by atoms with Crippen molar-refractivity contribution in [1.29, 1.82) is 0 Å². The average Bonchev–Trinajstić information content (AvgIpc) is 2.40. The van der Waals surface area contributed by atoms with Crippen LogP contribution in [0.5, 0.6) is 5.75 Å². The van der Waals surface area contributed by atoms with Gasteiger partial charge in [0, 0.05) is 18.1 Å². The molecule has 0 bridgehead atoms. The number of halogens is 1. The Hall–Kier alpha value is -1.26. The predicted molar refractivity (Wildman–Crippen MR) is 75.7 cm³/mol. The molecule has 0 aliphatic carbocycles. The van der Waals surface area contributed by atoms with Crippen molar-refractivity contribution in [2.75, 3.05) is 19.6 Å². The van der Waals surface area contributed by atoms with Gasteiger partial charge in [0.15, 0.2) is 0 Å². The van der Waals surface area contributed by atoms with Crippen molar-refractivity contribution in [2.24, 2.45) is 5.41 Å². The summed E-state index contributed by atoms with van der Waals surface area (Å²) in [5.74, 6) is -0.333. The van der Waals surface area contributed by atoms with Crippen molar-refractivity contribution in [3.05, 3.63) is 28.8 Å². The van der Waals surface area contributed by atoms with Gasteiger partial charge in [0.25, 0.3) is 5.91 Å². The summed E-state index contributed by atoms with van der Waals surface area (Å²) in [5.41, 5.74) is 0.294. The molecular formula is C14H19ClN2O2. The Morgan fingerprint density at radius 2 is 2.37 bits per heavy atom. The molecule has 0 spiro atoms. The Morgan fingerprint density at radius 3 is 3.05 bits per heavy atom. The molecule has 19 heavy (non-hydrogen) atoms. The lowest BCUT2D eigenvalue weighted by atomic mass is 9.83. The first kappa shape index (κ1) is 14.2. The van der Waals surface area contributed by atoms with Crippen LogP contribution in [0.15, 0.2) is 18.2 Å². The second-order valence-electron chi connectivity index (χ2n) is 5.44. The van der Waals surface area contributed by atoms with E-state index in [1.54, 1.807) is 6.07 Å². The van der Waals surface area contributed by atoms with E-state index in [-0.39, 0.29) is 22.6 Å². The normalized spacial score (nSPS) is 23.1. The highest BCUT2D eigenvalue weighted by atomic mass is 35.5. The van der Waals surface area contributed by atoms with Crippen molar-refractivity contribution in [2.45, 2.75) is 19.8 Å². The number of carbonyl (C=O) groups is 1. The van der Waals surface area contributed by atoms with Crippen molar-refractivity contribution in [3.8, 4) is 5.75 Å². The molecule has 1 saturated heterocycles. The highest BCUT2D eigenvalue weighted by Crippen LogP contribution is 2.25. The maximum absolute atomic E-state index is 12.1. The van der Waals surface area contributed by atoms with Gasteiger partial charge >= 0.3 is 0 Å². The molecule has 1 aliphatic rings. The first-order valence-corrected chi connectivity index (χ1v) is 6.85. The molecule has 1 unspecified atom stereocenters.